The van der Waals surface area contributed by atoms with E-state index in [9.17, 15) is 4.79 Å². The summed E-state index contributed by atoms with van der Waals surface area (Å²) < 4.78 is 5.48. The van der Waals surface area contributed by atoms with Crippen LogP contribution in [0.4, 0.5) is 4.79 Å². The van der Waals surface area contributed by atoms with Crippen LogP contribution in [0.1, 0.15) is 46.5 Å². The van der Waals surface area contributed by atoms with Crippen molar-refractivity contribution in [2.45, 2.75) is 52.1 Å². The highest BCUT2D eigenvalue weighted by molar-refractivity contribution is 5.68. The van der Waals surface area contributed by atoms with Gasteiger partial charge in [0, 0.05) is 26.2 Å². The number of carbonyl (C=O) groups is 1. The van der Waals surface area contributed by atoms with Gasteiger partial charge >= 0.3 is 6.09 Å². The molecular formula is C16H29N2O2. The predicted octanol–water partition coefficient (Wildman–Crippen LogP) is 2.93. The second kappa shape index (κ2) is 6.79. The fourth-order valence-electron chi connectivity index (χ4n) is 3.06. The zero-order chi connectivity index (χ0) is 14.6. The zero-order valence-corrected chi connectivity index (χ0v) is 13.2. The largest absolute Gasteiger partial charge is 0.444 e. The molecule has 4 nitrogen and oxygen atoms in total. The Morgan fingerprint density at radius 1 is 1.30 bits per heavy atom. The molecule has 0 N–H and O–H groups in total. The number of carbonyl (C=O) groups excluding carboxylic acids is 1. The summed E-state index contributed by atoms with van der Waals surface area (Å²) in [6, 6.07) is 0. The number of piperidine rings is 2. The number of hydrogen-bond donors (Lipinski definition) is 0. The van der Waals surface area contributed by atoms with Crippen LogP contribution in [0.25, 0.3) is 0 Å². The third-order valence-corrected chi connectivity index (χ3v) is 3.96. The van der Waals surface area contributed by atoms with E-state index in [1.807, 2.05) is 25.7 Å². The molecule has 2 heterocycles. The molecule has 2 rings (SSSR count). The summed E-state index contributed by atoms with van der Waals surface area (Å²) in [4.78, 5) is 16.6. The quantitative estimate of drug-likeness (QED) is 0.780. The van der Waals surface area contributed by atoms with Gasteiger partial charge in [0.15, 0.2) is 0 Å². The monoisotopic (exact) mass is 281 g/mol. The standard InChI is InChI=1S/C16H29N2O2/c1-16(2,3)20-15(19)18-11-7-8-14(13-18)12-17-9-5-4-6-10-17/h5,14H,4,6-13H2,1-3H3. The smallest absolute Gasteiger partial charge is 0.410 e. The molecule has 0 aromatic carbocycles. The number of amides is 1. The fourth-order valence-corrected chi connectivity index (χ4v) is 3.06. The van der Waals surface area contributed by atoms with Crippen LogP contribution in [-0.4, -0.2) is 54.2 Å². The molecule has 2 fully saturated rings. The van der Waals surface area contributed by atoms with Gasteiger partial charge in [-0.2, -0.15) is 0 Å². The molecule has 0 aromatic heterocycles. The minimum absolute atomic E-state index is 0.146. The van der Waals surface area contributed by atoms with Crippen molar-refractivity contribution in [1.29, 1.82) is 0 Å². The molecule has 0 aromatic rings. The Balaban J connectivity index is 1.80. The summed E-state index contributed by atoms with van der Waals surface area (Å²) in [7, 11) is 0. The molecule has 115 valence electrons. The van der Waals surface area contributed by atoms with E-state index in [0.717, 1.165) is 32.6 Å². The van der Waals surface area contributed by atoms with Gasteiger partial charge in [0.25, 0.3) is 0 Å². The van der Waals surface area contributed by atoms with Crippen LogP contribution in [0.3, 0.4) is 0 Å². The number of nitrogens with zero attached hydrogens (tertiary/aromatic N) is 2. The van der Waals surface area contributed by atoms with Gasteiger partial charge in [-0.15, -0.1) is 0 Å². The maximum absolute atomic E-state index is 12.1. The van der Waals surface area contributed by atoms with Crippen LogP contribution >= 0.6 is 0 Å². The first-order chi connectivity index (χ1) is 9.44. The lowest BCUT2D eigenvalue weighted by Crippen LogP contribution is -2.46. The molecule has 1 atom stereocenters. The van der Waals surface area contributed by atoms with Gasteiger partial charge in [-0.1, -0.05) is 0 Å². The van der Waals surface area contributed by atoms with Crippen molar-refractivity contribution in [3.63, 3.8) is 0 Å². The highest BCUT2D eigenvalue weighted by Crippen LogP contribution is 2.21. The normalized spacial score (nSPS) is 25.6. The van der Waals surface area contributed by atoms with E-state index in [0.29, 0.717) is 5.92 Å². The second-order valence-corrected chi connectivity index (χ2v) is 7.13. The van der Waals surface area contributed by atoms with Crippen LogP contribution in [0, 0.1) is 12.3 Å². The Morgan fingerprint density at radius 3 is 2.75 bits per heavy atom. The van der Waals surface area contributed by atoms with E-state index in [1.54, 1.807) is 0 Å². The highest BCUT2D eigenvalue weighted by Gasteiger charge is 2.28. The lowest BCUT2D eigenvalue weighted by Gasteiger charge is -2.37. The second-order valence-electron chi connectivity index (χ2n) is 7.13. The van der Waals surface area contributed by atoms with Crippen molar-refractivity contribution in [3.05, 3.63) is 6.42 Å². The van der Waals surface area contributed by atoms with Crippen molar-refractivity contribution in [2.24, 2.45) is 5.92 Å². The molecule has 0 bridgehead atoms. The topological polar surface area (TPSA) is 32.8 Å². The minimum Gasteiger partial charge on any atom is -0.444 e. The molecule has 4 heteroatoms. The maximum Gasteiger partial charge on any atom is 0.410 e. The summed E-state index contributed by atoms with van der Waals surface area (Å²) in [5, 5.41) is 0. The van der Waals surface area contributed by atoms with Gasteiger partial charge in [0.05, 0.1) is 0 Å². The molecule has 0 aliphatic carbocycles. The molecular weight excluding hydrogens is 252 g/mol. The van der Waals surface area contributed by atoms with Crippen molar-refractivity contribution in [2.75, 3.05) is 32.7 Å². The van der Waals surface area contributed by atoms with Crippen LogP contribution in [0.15, 0.2) is 0 Å². The molecule has 2 saturated heterocycles. The molecule has 1 radical (unpaired) electrons. The Hall–Kier alpha value is -0.770. The highest BCUT2D eigenvalue weighted by atomic mass is 16.6. The number of rotatable bonds is 2. The van der Waals surface area contributed by atoms with Crippen molar-refractivity contribution >= 4 is 6.09 Å². The van der Waals surface area contributed by atoms with E-state index in [1.165, 1.54) is 25.8 Å². The van der Waals surface area contributed by atoms with E-state index < -0.39 is 5.60 Å². The predicted molar refractivity (Wildman–Crippen MR) is 80.5 cm³/mol. The van der Waals surface area contributed by atoms with Crippen molar-refractivity contribution in [3.8, 4) is 0 Å². The molecule has 0 saturated carbocycles. The number of ether oxygens (including phenoxy) is 1. The van der Waals surface area contributed by atoms with Gasteiger partial charge in [-0.05, 0) is 65.3 Å². The van der Waals surface area contributed by atoms with Crippen LogP contribution in [0.2, 0.25) is 0 Å². The molecule has 2 aliphatic rings. The van der Waals surface area contributed by atoms with E-state index in [4.69, 9.17) is 4.74 Å². The SMILES string of the molecule is CC(C)(C)OC(=O)N1CCCC(CN2C[CH]CCC2)C1. The van der Waals surface area contributed by atoms with Crippen LogP contribution in [-0.2, 0) is 4.74 Å². The summed E-state index contributed by atoms with van der Waals surface area (Å²) in [6.07, 6.45) is 7.09. The Kier molecular flexibility index (Phi) is 5.30. The lowest BCUT2D eigenvalue weighted by molar-refractivity contribution is 0.0144. The van der Waals surface area contributed by atoms with Crippen LogP contribution < -0.4 is 0 Å². The van der Waals surface area contributed by atoms with E-state index in [-0.39, 0.29) is 6.09 Å². The summed E-state index contributed by atoms with van der Waals surface area (Å²) in [6.45, 7) is 10.9. The third-order valence-electron chi connectivity index (χ3n) is 3.96. The van der Waals surface area contributed by atoms with Gasteiger partial charge in [-0.25, -0.2) is 4.79 Å². The first-order valence-corrected chi connectivity index (χ1v) is 7.96. The minimum atomic E-state index is -0.397. The first kappa shape index (κ1) is 15.6. The summed E-state index contributed by atoms with van der Waals surface area (Å²) in [5.41, 5.74) is -0.397. The average Bonchev–Trinajstić information content (AvgIpc) is 2.38. The third kappa shape index (κ3) is 4.97. The van der Waals surface area contributed by atoms with Crippen molar-refractivity contribution < 1.29 is 9.53 Å². The van der Waals surface area contributed by atoms with Gasteiger partial charge in [-0.3, -0.25) is 0 Å². The molecule has 0 spiro atoms. The average molecular weight is 281 g/mol. The molecule has 20 heavy (non-hydrogen) atoms. The first-order valence-electron chi connectivity index (χ1n) is 7.96. The van der Waals surface area contributed by atoms with Gasteiger partial charge in [0.2, 0.25) is 0 Å². The van der Waals surface area contributed by atoms with E-state index in [2.05, 4.69) is 11.3 Å². The fraction of sp³-hybridized carbons (Fsp3) is 0.875. The number of hydrogen-bond acceptors (Lipinski definition) is 3. The van der Waals surface area contributed by atoms with Crippen molar-refractivity contribution in [1.82, 2.24) is 9.80 Å². The van der Waals surface area contributed by atoms with Gasteiger partial charge in [0.1, 0.15) is 5.60 Å². The van der Waals surface area contributed by atoms with Crippen LogP contribution in [0.5, 0.6) is 0 Å². The molecule has 1 unspecified atom stereocenters. The lowest BCUT2D eigenvalue weighted by atomic mass is 9.96. The number of likely N-dealkylation sites (tertiary alicyclic amines) is 2. The summed E-state index contributed by atoms with van der Waals surface area (Å²) in [5.74, 6) is 0.600. The Morgan fingerprint density at radius 2 is 2.10 bits per heavy atom. The maximum atomic E-state index is 12.1. The Bertz CT molecular complexity index is 319. The zero-order valence-electron chi connectivity index (χ0n) is 13.2. The molecule has 2 aliphatic heterocycles. The van der Waals surface area contributed by atoms with E-state index >= 15 is 0 Å². The summed E-state index contributed by atoms with van der Waals surface area (Å²) >= 11 is 0. The van der Waals surface area contributed by atoms with Gasteiger partial charge < -0.3 is 14.5 Å². The Labute approximate surface area is 123 Å². The molecule has 1 amide bonds.